The van der Waals surface area contributed by atoms with Gasteiger partial charge < -0.3 is 0 Å². The van der Waals surface area contributed by atoms with Gasteiger partial charge >= 0.3 is 0 Å². The minimum atomic E-state index is -0.322. The summed E-state index contributed by atoms with van der Waals surface area (Å²) < 4.78 is 0.619. The first-order valence-electron chi connectivity index (χ1n) is 4.02. The third-order valence-corrected chi connectivity index (χ3v) is 2.65. The summed E-state index contributed by atoms with van der Waals surface area (Å²) in [5, 5.41) is 12.6. The maximum Gasteiger partial charge on any atom is 0.148 e. The second-order valence-corrected chi connectivity index (χ2v) is 4.21. The summed E-state index contributed by atoms with van der Waals surface area (Å²) in [7, 11) is 0. The zero-order valence-corrected chi connectivity index (χ0v) is 8.82. The number of rotatable bonds is 4. The Hall–Kier alpha value is -0.630. The molecular formula is C8H10ClN3S. The first kappa shape index (κ1) is 10.5. The van der Waals surface area contributed by atoms with Gasteiger partial charge in [-0.05, 0) is 13.0 Å². The molecule has 0 saturated carbocycles. The van der Waals surface area contributed by atoms with E-state index in [1.807, 2.05) is 0 Å². The van der Waals surface area contributed by atoms with Crippen LogP contribution in [-0.2, 0) is 0 Å². The van der Waals surface area contributed by atoms with Crippen LogP contribution in [-0.4, -0.2) is 11.5 Å². The van der Waals surface area contributed by atoms with Gasteiger partial charge in [-0.25, -0.2) is 4.98 Å². The van der Waals surface area contributed by atoms with E-state index in [1.54, 1.807) is 6.20 Å². The second-order valence-electron chi connectivity index (χ2n) is 2.52. The molecule has 0 aliphatic rings. The van der Waals surface area contributed by atoms with Gasteiger partial charge in [0.15, 0.2) is 0 Å². The normalized spacial score (nSPS) is 12.4. The Kier molecular flexibility index (Phi) is 4.16. The predicted molar refractivity (Wildman–Crippen MR) is 53.8 cm³/mol. The van der Waals surface area contributed by atoms with Crippen LogP contribution in [0.1, 0.15) is 24.4 Å². The minimum absolute atomic E-state index is 0.322. The fourth-order valence-electron chi connectivity index (χ4n) is 0.877. The Labute approximate surface area is 86.4 Å². The van der Waals surface area contributed by atoms with Gasteiger partial charge in [0.25, 0.3) is 0 Å². The molecule has 5 heteroatoms. The van der Waals surface area contributed by atoms with Gasteiger partial charge in [-0.3, -0.25) is 5.32 Å². The number of hydrogen-bond acceptors (Lipinski definition) is 4. The molecule has 1 atom stereocenters. The number of halogens is 1. The van der Waals surface area contributed by atoms with Crippen molar-refractivity contribution in [2.45, 2.75) is 19.4 Å². The Balaban J connectivity index is 2.63. The maximum absolute atomic E-state index is 8.83. The lowest BCUT2D eigenvalue weighted by molar-refractivity contribution is 0.618. The Morgan fingerprint density at radius 3 is 3.08 bits per heavy atom. The molecule has 0 radical (unpaired) electrons. The fourth-order valence-corrected chi connectivity index (χ4v) is 1.83. The van der Waals surface area contributed by atoms with E-state index in [0.717, 1.165) is 18.0 Å². The summed E-state index contributed by atoms with van der Waals surface area (Å²) in [4.78, 5) is 4.04. The molecule has 0 aliphatic heterocycles. The standard InChI is InChI=1S/C8H10ClN3S/c1-2-3-11-6(4-10)8-12-5-7(9)13-8/h5-6,11H,2-3H2,1H3. The van der Waals surface area contributed by atoms with Gasteiger partial charge in [0.2, 0.25) is 0 Å². The van der Waals surface area contributed by atoms with E-state index < -0.39 is 0 Å². The largest absolute Gasteiger partial charge is 0.296 e. The molecule has 13 heavy (non-hydrogen) atoms. The molecule has 0 aromatic carbocycles. The van der Waals surface area contributed by atoms with Gasteiger partial charge in [-0.1, -0.05) is 18.5 Å². The highest BCUT2D eigenvalue weighted by Crippen LogP contribution is 2.23. The number of thiazole rings is 1. The lowest BCUT2D eigenvalue weighted by Crippen LogP contribution is -2.20. The van der Waals surface area contributed by atoms with Crippen molar-refractivity contribution >= 4 is 22.9 Å². The lowest BCUT2D eigenvalue weighted by atomic mass is 10.3. The summed E-state index contributed by atoms with van der Waals surface area (Å²) in [6.45, 7) is 2.87. The van der Waals surface area contributed by atoms with Crippen molar-refractivity contribution in [2.24, 2.45) is 0 Å². The summed E-state index contributed by atoms with van der Waals surface area (Å²) in [5.74, 6) is 0. The molecule has 1 N–H and O–H groups in total. The third-order valence-electron chi connectivity index (χ3n) is 1.47. The predicted octanol–water partition coefficient (Wildman–Crippen LogP) is 2.36. The van der Waals surface area contributed by atoms with Crippen molar-refractivity contribution in [1.29, 1.82) is 5.26 Å². The van der Waals surface area contributed by atoms with Crippen LogP contribution in [0.5, 0.6) is 0 Å². The molecule has 1 rings (SSSR count). The van der Waals surface area contributed by atoms with Crippen molar-refractivity contribution in [3.63, 3.8) is 0 Å². The molecule has 0 bridgehead atoms. The van der Waals surface area contributed by atoms with Gasteiger partial charge in [-0.15, -0.1) is 11.3 Å². The van der Waals surface area contributed by atoms with E-state index in [-0.39, 0.29) is 6.04 Å². The number of nitrogens with one attached hydrogen (secondary N) is 1. The summed E-state index contributed by atoms with van der Waals surface area (Å²) in [6.07, 6.45) is 2.57. The SMILES string of the molecule is CCCNC(C#N)c1ncc(Cl)s1. The smallest absolute Gasteiger partial charge is 0.148 e. The minimum Gasteiger partial charge on any atom is -0.296 e. The van der Waals surface area contributed by atoms with Crippen LogP contribution in [0.3, 0.4) is 0 Å². The molecule has 0 aliphatic carbocycles. The molecule has 70 valence electrons. The van der Waals surface area contributed by atoms with E-state index in [9.17, 15) is 0 Å². The molecule has 0 spiro atoms. The number of nitriles is 1. The number of hydrogen-bond donors (Lipinski definition) is 1. The van der Waals surface area contributed by atoms with Gasteiger partial charge in [0.1, 0.15) is 15.4 Å². The fraction of sp³-hybridized carbons (Fsp3) is 0.500. The Morgan fingerprint density at radius 2 is 2.62 bits per heavy atom. The number of nitrogens with zero attached hydrogens (tertiary/aromatic N) is 2. The maximum atomic E-state index is 8.83. The van der Waals surface area contributed by atoms with Crippen LogP contribution < -0.4 is 5.32 Å². The van der Waals surface area contributed by atoms with Gasteiger partial charge in [0.05, 0.1) is 12.3 Å². The highest BCUT2D eigenvalue weighted by atomic mass is 35.5. The molecule has 1 unspecified atom stereocenters. The van der Waals surface area contributed by atoms with Gasteiger partial charge in [0, 0.05) is 0 Å². The molecule has 1 aromatic rings. The summed E-state index contributed by atoms with van der Waals surface area (Å²) in [6, 6.07) is 1.82. The Bertz CT molecular complexity index is 305. The van der Waals surface area contributed by atoms with Crippen LogP contribution in [0.25, 0.3) is 0 Å². The highest BCUT2D eigenvalue weighted by molar-refractivity contribution is 7.15. The summed E-state index contributed by atoms with van der Waals surface area (Å²) >= 11 is 7.05. The van der Waals surface area contributed by atoms with Gasteiger partial charge in [-0.2, -0.15) is 5.26 Å². The third kappa shape index (κ3) is 2.96. The van der Waals surface area contributed by atoms with Crippen molar-refractivity contribution in [2.75, 3.05) is 6.54 Å². The molecular weight excluding hydrogens is 206 g/mol. The van der Waals surface area contributed by atoms with Crippen molar-refractivity contribution < 1.29 is 0 Å². The van der Waals surface area contributed by atoms with Crippen LogP contribution in [0.2, 0.25) is 4.34 Å². The molecule has 0 fully saturated rings. The zero-order valence-electron chi connectivity index (χ0n) is 7.25. The quantitative estimate of drug-likeness (QED) is 0.839. The van der Waals surface area contributed by atoms with Crippen LogP contribution in [0, 0.1) is 11.3 Å². The van der Waals surface area contributed by atoms with E-state index in [1.165, 1.54) is 11.3 Å². The average molecular weight is 216 g/mol. The van der Waals surface area contributed by atoms with E-state index in [0.29, 0.717) is 4.34 Å². The monoisotopic (exact) mass is 215 g/mol. The first-order valence-corrected chi connectivity index (χ1v) is 5.21. The molecule has 1 heterocycles. The van der Waals surface area contributed by atoms with E-state index in [2.05, 4.69) is 23.3 Å². The zero-order chi connectivity index (χ0) is 9.68. The highest BCUT2D eigenvalue weighted by Gasteiger charge is 2.12. The lowest BCUT2D eigenvalue weighted by Gasteiger charge is -2.05. The van der Waals surface area contributed by atoms with Crippen LogP contribution in [0.15, 0.2) is 6.20 Å². The first-order chi connectivity index (χ1) is 6.27. The second kappa shape index (κ2) is 5.18. The average Bonchev–Trinajstić information content (AvgIpc) is 2.54. The molecule has 0 amide bonds. The molecule has 0 saturated heterocycles. The van der Waals surface area contributed by atoms with Crippen LogP contribution >= 0.6 is 22.9 Å². The van der Waals surface area contributed by atoms with E-state index >= 15 is 0 Å². The number of aromatic nitrogens is 1. The Morgan fingerprint density at radius 1 is 1.85 bits per heavy atom. The van der Waals surface area contributed by atoms with Crippen molar-refractivity contribution in [3.05, 3.63) is 15.5 Å². The molecule has 3 nitrogen and oxygen atoms in total. The topological polar surface area (TPSA) is 48.7 Å². The van der Waals surface area contributed by atoms with Crippen LogP contribution in [0.4, 0.5) is 0 Å². The molecule has 1 aromatic heterocycles. The summed E-state index contributed by atoms with van der Waals surface area (Å²) in [5.41, 5.74) is 0. The van der Waals surface area contributed by atoms with E-state index in [4.69, 9.17) is 16.9 Å². The van der Waals surface area contributed by atoms with Crippen molar-refractivity contribution in [1.82, 2.24) is 10.3 Å². The van der Waals surface area contributed by atoms with Crippen molar-refractivity contribution in [3.8, 4) is 6.07 Å².